The maximum Gasteiger partial charge on any atom is 0.261 e. The molecule has 0 radical (unpaired) electrons. The van der Waals surface area contributed by atoms with Crippen molar-refractivity contribution in [3.63, 3.8) is 0 Å². The fourth-order valence-electron chi connectivity index (χ4n) is 11.8. The third-order valence-corrected chi connectivity index (χ3v) is 20.9. The SMILES string of the molecule is CCCCCCCCCCCCc1csc(-c2ccc(C3=C4C(=O)N(CC(CCCCCC)CCCCCCCC)C(c5ccc(-c6cc(C)cs6)s5)=C4C(=O)N3CC(CCCCCC)CCCCCCCC)s2)c1. The summed E-state index contributed by atoms with van der Waals surface area (Å²) >= 11 is 7.21. The average molecular weight is 1100 g/mol. The molecule has 75 heavy (non-hydrogen) atoms. The van der Waals surface area contributed by atoms with Crippen molar-refractivity contribution in [2.75, 3.05) is 13.1 Å². The highest BCUT2D eigenvalue weighted by molar-refractivity contribution is 7.22. The normalized spacial score (nSPS) is 14.7. The molecule has 0 aliphatic carbocycles. The number of amides is 2. The number of fused-ring (bicyclic) bond motifs is 1. The highest BCUT2D eigenvalue weighted by Crippen LogP contribution is 2.51. The van der Waals surface area contributed by atoms with E-state index in [0.29, 0.717) is 36.1 Å². The molecule has 4 aromatic rings. The van der Waals surface area contributed by atoms with Gasteiger partial charge in [0.2, 0.25) is 0 Å². The second kappa shape index (κ2) is 35.0. The van der Waals surface area contributed by atoms with Crippen molar-refractivity contribution in [3.05, 3.63) is 79.2 Å². The fraction of sp³-hybridized carbons (Fsp3) is 0.672. The summed E-state index contributed by atoms with van der Waals surface area (Å²) in [5.74, 6) is 0.892. The molecular formula is C67H102N2O2S4. The molecule has 4 nitrogen and oxygen atoms in total. The van der Waals surface area contributed by atoms with Crippen molar-refractivity contribution in [2.45, 2.75) is 266 Å². The summed E-state index contributed by atoms with van der Waals surface area (Å²) in [6.07, 6.45) is 44.4. The Kier molecular flexibility index (Phi) is 28.6. The van der Waals surface area contributed by atoms with Crippen LogP contribution < -0.4 is 0 Å². The van der Waals surface area contributed by atoms with Crippen LogP contribution in [0.15, 0.2) is 58.3 Å². The Hall–Kier alpha value is -2.78. The maximum absolute atomic E-state index is 15.9. The monoisotopic (exact) mass is 1090 g/mol. The highest BCUT2D eigenvalue weighted by atomic mass is 32.1. The quantitative estimate of drug-likeness (QED) is 0.0415. The molecule has 0 spiro atoms. The van der Waals surface area contributed by atoms with Crippen LogP contribution in [0.4, 0.5) is 0 Å². The lowest BCUT2D eigenvalue weighted by molar-refractivity contribution is -0.124. The number of hydrogen-bond acceptors (Lipinski definition) is 6. The lowest BCUT2D eigenvalue weighted by Crippen LogP contribution is -2.34. The number of carbonyl (C=O) groups is 2. The predicted molar refractivity (Wildman–Crippen MR) is 333 cm³/mol. The maximum atomic E-state index is 15.9. The Bertz CT molecular complexity index is 2300. The van der Waals surface area contributed by atoms with E-state index >= 15 is 9.59 Å². The number of hydrogen-bond donors (Lipinski definition) is 0. The van der Waals surface area contributed by atoms with Crippen LogP contribution in [0, 0.1) is 18.8 Å². The van der Waals surface area contributed by atoms with E-state index < -0.39 is 0 Å². The van der Waals surface area contributed by atoms with E-state index in [-0.39, 0.29) is 11.8 Å². The number of rotatable bonds is 43. The van der Waals surface area contributed by atoms with E-state index in [9.17, 15) is 0 Å². The predicted octanol–water partition coefficient (Wildman–Crippen LogP) is 22.5. The summed E-state index contributed by atoms with van der Waals surface area (Å²) in [6, 6.07) is 13.7. The van der Waals surface area contributed by atoms with E-state index in [2.05, 4.69) is 98.5 Å². The minimum Gasteiger partial charge on any atom is -0.306 e. The van der Waals surface area contributed by atoms with Crippen molar-refractivity contribution in [1.29, 1.82) is 0 Å². The molecule has 0 saturated carbocycles. The van der Waals surface area contributed by atoms with Crippen LogP contribution in [0.2, 0.25) is 0 Å². The van der Waals surface area contributed by atoms with E-state index in [4.69, 9.17) is 0 Å². The molecule has 0 saturated heterocycles. The highest BCUT2D eigenvalue weighted by Gasteiger charge is 2.50. The minimum absolute atomic E-state index is 0.0505. The molecule has 2 aliphatic heterocycles. The Balaban J connectivity index is 1.35. The summed E-state index contributed by atoms with van der Waals surface area (Å²) in [7, 11) is 0. The molecule has 6 heterocycles. The van der Waals surface area contributed by atoms with Crippen molar-refractivity contribution in [2.24, 2.45) is 11.8 Å². The molecule has 2 aliphatic rings. The molecule has 0 N–H and O–H groups in total. The zero-order valence-corrected chi connectivity index (χ0v) is 51.5. The van der Waals surface area contributed by atoms with Gasteiger partial charge in [0.25, 0.3) is 11.8 Å². The summed E-state index contributed by atoms with van der Waals surface area (Å²) in [4.78, 5) is 43.2. The average Bonchev–Trinajstić information content (AvgIpc) is 4.30. The van der Waals surface area contributed by atoms with E-state index in [1.54, 1.807) is 34.0 Å². The van der Waals surface area contributed by atoms with Gasteiger partial charge in [-0.2, -0.15) is 0 Å². The minimum atomic E-state index is 0.0505. The van der Waals surface area contributed by atoms with Gasteiger partial charge in [0, 0.05) is 32.6 Å². The van der Waals surface area contributed by atoms with Crippen molar-refractivity contribution >= 4 is 68.6 Å². The van der Waals surface area contributed by atoms with Gasteiger partial charge < -0.3 is 9.80 Å². The number of thiophene rings is 4. The molecule has 6 rings (SSSR count). The molecule has 2 unspecified atom stereocenters. The molecule has 2 atom stereocenters. The number of aryl methyl sites for hydroxylation is 2. The van der Waals surface area contributed by atoms with E-state index in [1.807, 2.05) is 11.3 Å². The molecular weight excluding hydrogens is 993 g/mol. The zero-order chi connectivity index (χ0) is 53.0. The first-order chi connectivity index (χ1) is 36.8. The first-order valence-corrected chi connectivity index (χ1v) is 34.7. The number of nitrogens with zero attached hydrogens (tertiary/aromatic N) is 2. The van der Waals surface area contributed by atoms with Crippen LogP contribution in [0.25, 0.3) is 30.9 Å². The van der Waals surface area contributed by atoms with Crippen LogP contribution in [0.1, 0.15) is 274 Å². The molecule has 0 bridgehead atoms. The first kappa shape index (κ1) is 61.4. The van der Waals surface area contributed by atoms with Gasteiger partial charge in [-0.15, -0.1) is 45.3 Å². The summed E-state index contributed by atoms with van der Waals surface area (Å²) in [6.45, 7) is 15.0. The molecule has 0 aromatic carbocycles. The second-order valence-corrected chi connectivity index (χ2v) is 26.9. The van der Waals surface area contributed by atoms with Crippen LogP contribution >= 0.6 is 45.3 Å². The number of carbonyl (C=O) groups excluding carboxylic acids is 2. The van der Waals surface area contributed by atoms with Gasteiger partial charge >= 0.3 is 0 Å². The van der Waals surface area contributed by atoms with Crippen molar-refractivity contribution in [3.8, 4) is 19.5 Å². The largest absolute Gasteiger partial charge is 0.306 e. The molecule has 416 valence electrons. The van der Waals surface area contributed by atoms with Crippen molar-refractivity contribution in [1.82, 2.24) is 9.80 Å². The lowest BCUT2D eigenvalue weighted by atomic mass is 9.93. The summed E-state index contributed by atoms with van der Waals surface area (Å²) in [5.41, 5.74) is 5.83. The Morgan fingerprint density at radius 3 is 1.11 bits per heavy atom. The summed E-state index contributed by atoms with van der Waals surface area (Å²) < 4.78 is 0. The first-order valence-electron chi connectivity index (χ1n) is 31.3. The zero-order valence-electron chi connectivity index (χ0n) is 48.3. The van der Waals surface area contributed by atoms with Gasteiger partial charge in [0.1, 0.15) is 0 Å². The second-order valence-electron chi connectivity index (χ2n) is 22.9. The van der Waals surface area contributed by atoms with Gasteiger partial charge in [0.05, 0.1) is 32.3 Å². The third-order valence-electron chi connectivity index (χ3n) is 16.3. The summed E-state index contributed by atoms with van der Waals surface area (Å²) in [5, 5.41) is 4.61. The fourth-order valence-corrected chi connectivity index (χ4v) is 16.0. The smallest absolute Gasteiger partial charge is 0.261 e. The van der Waals surface area contributed by atoms with E-state index in [0.717, 1.165) is 53.3 Å². The van der Waals surface area contributed by atoms with Crippen LogP contribution in [-0.4, -0.2) is 34.7 Å². The number of unbranched alkanes of at least 4 members (excludes halogenated alkanes) is 25. The topological polar surface area (TPSA) is 40.6 Å². The molecule has 0 fully saturated rings. The van der Waals surface area contributed by atoms with Gasteiger partial charge in [-0.05, 0) is 116 Å². The Morgan fingerprint density at radius 2 is 0.720 bits per heavy atom. The van der Waals surface area contributed by atoms with Gasteiger partial charge in [-0.3, -0.25) is 9.59 Å². The molecule has 2 amide bonds. The molecule has 4 aromatic heterocycles. The van der Waals surface area contributed by atoms with Crippen LogP contribution in [-0.2, 0) is 16.0 Å². The van der Waals surface area contributed by atoms with Crippen LogP contribution in [0.5, 0.6) is 0 Å². The van der Waals surface area contributed by atoms with Crippen LogP contribution in [0.3, 0.4) is 0 Å². The van der Waals surface area contributed by atoms with E-state index in [1.165, 1.54) is 223 Å². The van der Waals surface area contributed by atoms with Gasteiger partial charge in [0.15, 0.2) is 0 Å². The molecule has 8 heteroatoms. The lowest BCUT2D eigenvalue weighted by Gasteiger charge is -2.29. The van der Waals surface area contributed by atoms with Gasteiger partial charge in [-0.25, -0.2) is 0 Å². The Labute approximate surface area is 474 Å². The third kappa shape index (κ3) is 19.2. The van der Waals surface area contributed by atoms with Crippen molar-refractivity contribution < 1.29 is 9.59 Å². The van der Waals surface area contributed by atoms with Gasteiger partial charge in [-0.1, -0.05) is 221 Å². The Morgan fingerprint density at radius 1 is 0.387 bits per heavy atom. The standard InChI is InChI=1S/C67H102N2O2S4/c1-7-12-17-22-25-26-27-28-31-36-41-55-47-61(73-51-55)57-43-45-59(75-57)65-63-62(66(70)69(65)49-54(38-33-21-16-11-5)40-35-30-24-19-14-9-3)64(58-44-42-56(74-58)60-46-52(6)50-72-60)68(67(63)71)48-53(37-32-20-15-10-4)39-34-29-23-18-13-8-2/h42-47,50-51,53-54H,7-41,48-49H2,1-6H3.